The number of carboxylic acids is 1. The topological polar surface area (TPSA) is 75.6 Å². The van der Waals surface area contributed by atoms with Crippen LogP contribution in [0.1, 0.15) is 78.8 Å². The van der Waals surface area contributed by atoms with Crippen LogP contribution in [0.25, 0.3) is 0 Å². The Bertz CT molecular complexity index is 1010. The molecule has 0 saturated heterocycles. The molecule has 6 atom stereocenters. The Kier molecular flexibility index (Phi) is 4.61. The highest BCUT2D eigenvalue weighted by Crippen LogP contribution is 2.67. The third-order valence-corrected chi connectivity index (χ3v) is 11.2. The van der Waals surface area contributed by atoms with E-state index in [4.69, 9.17) is 16.3 Å². The van der Waals surface area contributed by atoms with Gasteiger partial charge in [0.1, 0.15) is 11.4 Å². The number of amides is 1. The minimum atomic E-state index is -1.01. The number of halogens is 2. The molecule has 5 nitrogen and oxygen atoms in total. The van der Waals surface area contributed by atoms with Gasteiger partial charge in [-0.1, -0.05) is 43.6 Å². The molecule has 31 heavy (non-hydrogen) atoms. The number of ether oxygens (including phenoxy) is 1. The molecule has 0 aromatic heterocycles. The van der Waals surface area contributed by atoms with Crippen molar-refractivity contribution >= 4 is 39.4 Å². The van der Waals surface area contributed by atoms with Crippen molar-refractivity contribution in [3.8, 4) is 5.75 Å². The molecule has 2 saturated carbocycles. The van der Waals surface area contributed by atoms with Gasteiger partial charge < -0.3 is 15.2 Å². The predicted molar refractivity (Wildman–Crippen MR) is 122 cm³/mol. The van der Waals surface area contributed by atoms with Crippen molar-refractivity contribution in [1.82, 2.24) is 5.32 Å². The van der Waals surface area contributed by atoms with Crippen LogP contribution in [0, 0.1) is 22.7 Å². The van der Waals surface area contributed by atoms with Crippen LogP contribution in [0.3, 0.4) is 0 Å². The summed E-state index contributed by atoms with van der Waals surface area (Å²) in [5.74, 6) is -0.0151. The van der Waals surface area contributed by atoms with Gasteiger partial charge in [-0.15, -0.1) is 11.6 Å². The molecule has 0 radical (unpaired) electrons. The summed E-state index contributed by atoms with van der Waals surface area (Å²) in [7, 11) is 0. The highest BCUT2D eigenvalue weighted by atomic mass is 79.9. The van der Waals surface area contributed by atoms with E-state index >= 15 is 0 Å². The van der Waals surface area contributed by atoms with E-state index in [1.165, 1.54) is 0 Å². The summed E-state index contributed by atoms with van der Waals surface area (Å²) < 4.78 is 7.09. The third kappa shape index (κ3) is 2.61. The van der Waals surface area contributed by atoms with Gasteiger partial charge in [0.15, 0.2) is 0 Å². The van der Waals surface area contributed by atoms with Crippen LogP contribution in [0.2, 0.25) is 0 Å². The molecule has 4 aliphatic rings. The normalized spacial score (nSPS) is 40.0. The first kappa shape index (κ1) is 21.6. The Morgan fingerprint density at radius 1 is 1.29 bits per heavy atom. The Hall–Kier alpha value is -1.27. The lowest BCUT2D eigenvalue weighted by molar-refractivity contribution is -0.207. The molecule has 2 aliphatic heterocycles. The van der Waals surface area contributed by atoms with Crippen LogP contribution in [-0.4, -0.2) is 32.8 Å². The number of alkyl halides is 2. The number of carboxylic acid groups (broad SMARTS) is 1. The lowest BCUT2D eigenvalue weighted by Crippen LogP contribution is -2.71. The summed E-state index contributed by atoms with van der Waals surface area (Å²) in [5, 5.41) is 12.8. The second-order valence-corrected chi connectivity index (χ2v) is 12.5. The zero-order valence-corrected chi connectivity index (χ0v) is 20.7. The van der Waals surface area contributed by atoms with Crippen LogP contribution >= 0.6 is 27.5 Å². The quantitative estimate of drug-likeness (QED) is 0.512. The number of carbonyl (C=O) groups is 2. The highest BCUT2D eigenvalue weighted by Gasteiger charge is 2.69. The summed E-state index contributed by atoms with van der Waals surface area (Å²) in [6, 6.07) is 1.54. The summed E-state index contributed by atoms with van der Waals surface area (Å²) in [5.41, 5.74) is 1.29. The largest absolute Gasteiger partial charge is 0.486 e. The van der Waals surface area contributed by atoms with E-state index in [9.17, 15) is 14.7 Å². The molecular weight excluding hydrogens is 482 g/mol. The zero-order chi connectivity index (χ0) is 22.5. The lowest BCUT2D eigenvalue weighted by atomic mass is 9.44. The average molecular weight is 511 g/mol. The molecule has 2 fully saturated rings. The number of hydrogen-bond donors (Lipinski definition) is 2. The molecule has 168 valence electrons. The average Bonchev–Trinajstić information content (AvgIpc) is 3.06. The Morgan fingerprint density at radius 3 is 2.68 bits per heavy atom. The fourth-order valence-electron chi connectivity index (χ4n) is 7.16. The number of benzene rings is 1. The first-order chi connectivity index (χ1) is 14.4. The van der Waals surface area contributed by atoms with Crippen molar-refractivity contribution in [2.45, 2.75) is 75.7 Å². The van der Waals surface area contributed by atoms with Gasteiger partial charge in [-0.25, -0.2) is 4.79 Å². The first-order valence-electron chi connectivity index (χ1n) is 11.1. The maximum atomic E-state index is 12.4. The maximum absolute atomic E-state index is 12.4. The van der Waals surface area contributed by atoms with Gasteiger partial charge in [-0.3, -0.25) is 4.79 Å². The van der Waals surface area contributed by atoms with Crippen molar-refractivity contribution in [3.05, 3.63) is 28.3 Å². The first-order valence-corrected chi connectivity index (χ1v) is 12.5. The van der Waals surface area contributed by atoms with E-state index < -0.39 is 11.6 Å². The van der Waals surface area contributed by atoms with Crippen LogP contribution in [0.5, 0.6) is 5.75 Å². The van der Waals surface area contributed by atoms with Crippen molar-refractivity contribution in [2.24, 2.45) is 22.7 Å². The summed E-state index contributed by atoms with van der Waals surface area (Å²) in [6.45, 7) is 9.40. The molecule has 0 unspecified atom stereocenters. The van der Waals surface area contributed by atoms with Crippen LogP contribution < -0.4 is 10.1 Å². The standard InChI is InChI=1S/C24H29BrClNO4/c1-11-5-6-17-22(2,3)19(26)16(25)9-24(17)23(11,4)8-14-13(21(29)30)7-12-15(18(14)31-24)10-27-20(12)28/h7,11,16-17,19H,5-6,8-10H2,1-4H3,(H,27,28)(H,29,30)/t11-,16+,17-,19-,23+,24-/m0/s1. The third-order valence-electron chi connectivity index (χ3n) is 9.15. The molecule has 1 aromatic rings. The summed E-state index contributed by atoms with van der Waals surface area (Å²) in [6.07, 6.45) is 3.49. The van der Waals surface area contributed by atoms with Crippen LogP contribution in [0.4, 0.5) is 0 Å². The lowest BCUT2D eigenvalue weighted by Gasteiger charge is -2.67. The molecular formula is C24H29BrClNO4. The van der Waals surface area contributed by atoms with Crippen LogP contribution in [0.15, 0.2) is 6.07 Å². The van der Waals surface area contributed by atoms with Crippen molar-refractivity contribution in [3.63, 3.8) is 0 Å². The van der Waals surface area contributed by atoms with Gasteiger partial charge in [0.2, 0.25) is 0 Å². The number of fused-ring (bicyclic) bond motifs is 3. The Labute approximate surface area is 196 Å². The van der Waals surface area contributed by atoms with E-state index in [2.05, 4.69) is 48.9 Å². The molecule has 1 aromatic carbocycles. The molecule has 1 amide bonds. The van der Waals surface area contributed by atoms with E-state index in [1.54, 1.807) is 6.07 Å². The number of carbonyl (C=O) groups excluding carboxylic acids is 1. The molecule has 2 N–H and O–H groups in total. The minimum Gasteiger partial charge on any atom is -0.486 e. The molecule has 1 spiro atoms. The molecule has 2 aliphatic carbocycles. The molecule has 5 rings (SSSR count). The maximum Gasteiger partial charge on any atom is 0.336 e. The Morgan fingerprint density at radius 2 is 2.00 bits per heavy atom. The fourth-order valence-corrected chi connectivity index (χ4v) is 8.57. The minimum absolute atomic E-state index is 0.0231. The van der Waals surface area contributed by atoms with Crippen molar-refractivity contribution in [1.29, 1.82) is 0 Å². The number of rotatable bonds is 1. The number of hydrogen-bond acceptors (Lipinski definition) is 3. The summed E-state index contributed by atoms with van der Waals surface area (Å²) in [4.78, 5) is 24.7. The second kappa shape index (κ2) is 6.63. The number of nitrogens with one attached hydrogen (secondary N) is 1. The van der Waals surface area contributed by atoms with E-state index in [0.717, 1.165) is 30.4 Å². The fraction of sp³-hybridized carbons (Fsp3) is 0.667. The summed E-state index contributed by atoms with van der Waals surface area (Å²) >= 11 is 10.8. The predicted octanol–water partition coefficient (Wildman–Crippen LogP) is 5.16. The van der Waals surface area contributed by atoms with Gasteiger partial charge >= 0.3 is 5.97 Å². The zero-order valence-electron chi connectivity index (χ0n) is 18.4. The van der Waals surface area contributed by atoms with Crippen molar-refractivity contribution in [2.75, 3.05) is 0 Å². The monoisotopic (exact) mass is 509 g/mol. The van der Waals surface area contributed by atoms with Gasteiger partial charge in [0.25, 0.3) is 5.91 Å². The molecule has 7 heteroatoms. The van der Waals surface area contributed by atoms with E-state index in [-0.39, 0.29) is 38.4 Å². The van der Waals surface area contributed by atoms with E-state index in [0.29, 0.717) is 30.2 Å². The molecule has 2 heterocycles. The van der Waals surface area contributed by atoms with Gasteiger partial charge in [-0.05, 0) is 36.7 Å². The van der Waals surface area contributed by atoms with Gasteiger partial charge in [-0.2, -0.15) is 0 Å². The van der Waals surface area contributed by atoms with E-state index in [1.807, 2.05) is 0 Å². The number of aromatic carboxylic acids is 1. The second-order valence-electron chi connectivity index (χ2n) is 10.8. The highest BCUT2D eigenvalue weighted by molar-refractivity contribution is 9.09. The smallest absolute Gasteiger partial charge is 0.336 e. The SMILES string of the molecule is C[C@H]1CC[C@H]2C(C)(C)[C@@H](Cl)[C@H](Br)C[C@]23Oc2c(c(C(=O)O)cc4c2CNC4=O)C[C@]13C. The Balaban J connectivity index is 1.78. The van der Waals surface area contributed by atoms with Crippen molar-refractivity contribution < 1.29 is 19.4 Å². The van der Waals surface area contributed by atoms with Crippen LogP contribution in [-0.2, 0) is 13.0 Å². The van der Waals surface area contributed by atoms with Gasteiger partial charge in [0, 0.05) is 45.8 Å². The molecule has 0 bridgehead atoms. The van der Waals surface area contributed by atoms with Gasteiger partial charge in [0.05, 0.1) is 10.9 Å².